The Hall–Kier alpha value is -4.96. The standard InChI is InChI=1S/C35H28N2O2/c38-34-15-9-22-5-1-3-7-28(22)32(34)20-36-26-11-13-30-24(18-26)17-25-19-27(12-14-31(25)30)37-21-33-29-8-4-2-6-23(29)10-16-35(33)39/h1-16,18-19,36-39H,17,20-21H2. The van der Waals surface area contributed by atoms with Gasteiger partial charge in [0, 0.05) is 35.6 Å². The molecule has 0 saturated carbocycles. The summed E-state index contributed by atoms with van der Waals surface area (Å²) in [7, 11) is 0. The topological polar surface area (TPSA) is 64.5 Å². The van der Waals surface area contributed by atoms with E-state index in [1.54, 1.807) is 12.1 Å². The van der Waals surface area contributed by atoms with E-state index in [1.807, 2.05) is 36.4 Å². The molecule has 0 radical (unpaired) electrons. The molecule has 0 heterocycles. The SMILES string of the molecule is Oc1ccc2ccccc2c1CNc1ccc2c(c1)Cc1cc(NCc3c(O)ccc4ccccc34)ccc1-2. The molecule has 4 N–H and O–H groups in total. The normalized spacial score (nSPS) is 11.9. The maximum Gasteiger partial charge on any atom is 0.121 e. The van der Waals surface area contributed by atoms with Gasteiger partial charge in [-0.2, -0.15) is 0 Å². The molecule has 0 unspecified atom stereocenters. The first-order valence-electron chi connectivity index (χ1n) is 13.3. The molecule has 0 atom stereocenters. The zero-order valence-corrected chi connectivity index (χ0v) is 21.4. The highest BCUT2D eigenvalue weighted by Crippen LogP contribution is 2.40. The fraction of sp³-hybridized carbons (Fsp3) is 0.0857. The maximum absolute atomic E-state index is 10.5. The van der Waals surface area contributed by atoms with Crippen molar-refractivity contribution in [2.24, 2.45) is 0 Å². The third-order valence-corrected chi connectivity index (χ3v) is 7.85. The van der Waals surface area contributed by atoms with E-state index < -0.39 is 0 Å². The van der Waals surface area contributed by atoms with Crippen molar-refractivity contribution in [2.45, 2.75) is 19.5 Å². The average Bonchev–Trinajstić information content (AvgIpc) is 3.33. The van der Waals surface area contributed by atoms with Crippen LogP contribution in [0.25, 0.3) is 32.7 Å². The van der Waals surface area contributed by atoms with Gasteiger partial charge in [0.15, 0.2) is 0 Å². The van der Waals surface area contributed by atoms with Gasteiger partial charge in [-0.15, -0.1) is 0 Å². The van der Waals surface area contributed by atoms with Crippen LogP contribution in [0.4, 0.5) is 11.4 Å². The number of phenols is 2. The van der Waals surface area contributed by atoms with E-state index in [0.717, 1.165) is 50.5 Å². The highest BCUT2D eigenvalue weighted by Gasteiger charge is 2.19. The number of phenolic OH excluding ortho intramolecular Hbond substituents is 2. The zero-order valence-electron chi connectivity index (χ0n) is 21.4. The lowest BCUT2D eigenvalue weighted by atomic mass is 10.0. The Morgan fingerprint density at radius 2 is 0.974 bits per heavy atom. The van der Waals surface area contributed by atoms with Crippen molar-refractivity contribution < 1.29 is 10.2 Å². The molecule has 0 spiro atoms. The van der Waals surface area contributed by atoms with Gasteiger partial charge in [0.25, 0.3) is 0 Å². The maximum atomic E-state index is 10.5. The number of anilines is 2. The number of aromatic hydroxyl groups is 2. The molecule has 6 aromatic carbocycles. The fourth-order valence-corrected chi connectivity index (χ4v) is 5.83. The summed E-state index contributed by atoms with van der Waals surface area (Å²) in [6.07, 6.45) is 0.870. The van der Waals surface area contributed by atoms with E-state index in [4.69, 9.17) is 0 Å². The van der Waals surface area contributed by atoms with Crippen LogP contribution < -0.4 is 10.6 Å². The minimum atomic E-state index is 0.312. The predicted octanol–water partition coefficient (Wildman–Crippen LogP) is 8.20. The molecule has 7 rings (SSSR count). The summed E-state index contributed by atoms with van der Waals surface area (Å²) in [5.41, 5.74) is 9.01. The van der Waals surface area contributed by atoms with Gasteiger partial charge in [-0.25, -0.2) is 0 Å². The first-order valence-corrected chi connectivity index (χ1v) is 13.3. The Bertz CT molecular complexity index is 1740. The predicted molar refractivity (Wildman–Crippen MR) is 161 cm³/mol. The second-order valence-electron chi connectivity index (χ2n) is 10.2. The monoisotopic (exact) mass is 508 g/mol. The molecule has 0 fully saturated rings. The second kappa shape index (κ2) is 9.41. The summed E-state index contributed by atoms with van der Waals surface area (Å²) < 4.78 is 0. The van der Waals surface area contributed by atoms with Crippen molar-refractivity contribution in [3.05, 3.63) is 131 Å². The van der Waals surface area contributed by atoms with Gasteiger partial charge in [-0.1, -0.05) is 72.8 Å². The van der Waals surface area contributed by atoms with Crippen molar-refractivity contribution in [2.75, 3.05) is 10.6 Å². The Balaban J connectivity index is 1.08. The first kappa shape index (κ1) is 23.2. The van der Waals surface area contributed by atoms with Crippen molar-refractivity contribution in [3.63, 3.8) is 0 Å². The van der Waals surface area contributed by atoms with Crippen molar-refractivity contribution in [1.29, 1.82) is 0 Å². The summed E-state index contributed by atoms with van der Waals surface area (Å²) in [5.74, 6) is 0.623. The van der Waals surface area contributed by atoms with E-state index in [-0.39, 0.29) is 0 Å². The van der Waals surface area contributed by atoms with Crippen LogP contribution in [0.1, 0.15) is 22.3 Å². The molecule has 6 aromatic rings. The Morgan fingerprint density at radius 3 is 1.46 bits per heavy atom. The van der Waals surface area contributed by atoms with Crippen LogP contribution in [0.5, 0.6) is 11.5 Å². The number of fused-ring (bicyclic) bond motifs is 5. The second-order valence-corrected chi connectivity index (χ2v) is 10.2. The minimum Gasteiger partial charge on any atom is -0.508 e. The molecule has 0 amide bonds. The fourth-order valence-electron chi connectivity index (χ4n) is 5.83. The summed E-state index contributed by atoms with van der Waals surface area (Å²) in [6, 6.07) is 36.8. The lowest BCUT2D eigenvalue weighted by Crippen LogP contribution is -2.01. The van der Waals surface area contributed by atoms with Gasteiger partial charge in [-0.3, -0.25) is 0 Å². The van der Waals surface area contributed by atoms with E-state index in [2.05, 4.69) is 71.3 Å². The molecule has 0 aromatic heterocycles. The van der Waals surface area contributed by atoms with Crippen molar-refractivity contribution in [3.8, 4) is 22.6 Å². The Labute approximate surface area is 227 Å². The number of rotatable bonds is 6. The number of nitrogens with one attached hydrogen (secondary N) is 2. The molecular weight excluding hydrogens is 480 g/mol. The number of hydrogen-bond acceptors (Lipinski definition) is 4. The largest absolute Gasteiger partial charge is 0.508 e. The smallest absolute Gasteiger partial charge is 0.121 e. The minimum absolute atomic E-state index is 0.312. The molecule has 1 aliphatic rings. The average molecular weight is 509 g/mol. The summed E-state index contributed by atoms with van der Waals surface area (Å²) in [4.78, 5) is 0. The molecule has 1 aliphatic carbocycles. The highest BCUT2D eigenvalue weighted by atomic mass is 16.3. The van der Waals surface area contributed by atoms with Crippen LogP contribution in [0.15, 0.2) is 109 Å². The van der Waals surface area contributed by atoms with Gasteiger partial charge >= 0.3 is 0 Å². The summed E-state index contributed by atoms with van der Waals surface area (Å²) >= 11 is 0. The zero-order chi connectivity index (χ0) is 26.3. The van der Waals surface area contributed by atoms with Crippen molar-refractivity contribution in [1.82, 2.24) is 0 Å². The third-order valence-electron chi connectivity index (χ3n) is 7.85. The van der Waals surface area contributed by atoms with Gasteiger partial charge in [-0.05, 0) is 86.6 Å². The van der Waals surface area contributed by atoms with E-state index in [9.17, 15) is 10.2 Å². The van der Waals surface area contributed by atoms with E-state index in [1.165, 1.54) is 22.3 Å². The van der Waals surface area contributed by atoms with E-state index >= 15 is 0 Å². The van der Waals surface area contributed by atoms with Crippen LogP contribution in [0.3, 0.4) is 0 Å². The third kappa shape index (κ3) is 4.20. The van der Waals surface area contributed by atoms with Crippen LogP contribution in [-0.2, 0) is 19.5 Å². The van der Waals surface area contributed by atoms with Gasteiger partial charge in [0.1, 0.15) is 11.5 Å². The molecular formula is C35H28N2O2. The number of hydrogen-bond donors (Lipinski definition) is 4. The molecule has 190 valence electrons. The highest BCUT2D eigenvalue weighted by molar-refractivity contribution is 5.89. The van der Waals surface area contributed by atoms with Crippen LogP contribution in [0, 0.1) is 0 Å². The lowest BCUT2D eigenvalue weighted by molar-refractivity contribution is 0.470. The quantitative estimate of drug-likeness (QED) is 0.183. The van der Waals surface area contributed by atoms with Crippen LogP contribution in [0.2, 0.25) is 0 Å². The molecule has 4 heteroatoms. The van der Waals surface area contributed by atoms with E-state index in [0.29, 0.717) is 24.6 Å². The van der Waals surface area contributed by atoms with Gasteiger partial charge in [0.2, 0.25) is 0 Å². The van der Waals surface area contributed by atoms with Gasteiger partial charge < -0.3 is 20.8 Å². The molecule has 39 heavy (non-hydrogen) atoms. The molecule has 0 aliphatic heterocycles. The summed E-state index contributed by atoms with van der Waals surface area (Å²) in [6.45, 7) is 1.10. The molecule has 0 saturated heterocycles. The molecule has 4 nitrogen and oxygen atoms in total. The lowest BCUT2D eigenvalue weighted by Gasteiger charge is -2.13. The summed E-state index contributed by atoms with van der Waals surface area (Å²) in [5, 5.41) is 32.4. The first-order chi connectivity index (χ1) is 19.1. The van der Waals surface area contributed by atoms with Crippen molar-refractivity contribution >= 4 is 32.9 Å². The molecule has 0 bridgehead atoms. The van der Waals surface area contributed by atoms with Crippen LogP contribution >= 0.6 is 0 Å². The van der Waals surface area contributed by atoms with Crippen LogP contribution in [-0.4, -0.2) is 10.2 Å². The Kier molecular flexibility index (Phi) is 5.59. The number of benzene rings is 6. The Morgan fingerprint density at radius 1 is 0.513 bits per heavy atom. The van der Waals surface area contributed by atoms with Gasteiger partial charge in [0.05, 0.1) is 0 Å².